The zero-order valence-corrected chi connectivity index (χ0v) is 15.3. The molecular formula is C21H17FN4O2. The summed E-state index contributed by atoms with van der Waals surface area (Å²) in [7, 11) is 0. The van der Waals surface area contributed by atoms with Crippen LogP contribution in [0.4, 0.5) is 10.3 Å². The number of nitrogens with two attached hydrogens (primary N) is 1. The summed E-state index contributed by atoms with van der Waals surface area (Å²) in [5, 5.41) is 9.02. The van der Waals surface area contributed by atoms with Gasteiger partial charge in [0.05, 0.1) is 22.5 Å². The minimum Gasteiger partial charge on any atom is -0.478 e. The van der Waals surface area contributed by atoms with Gasteiger partial charge in [-0.25, -0.2) is 19.2 Å². The van der Waals surface area contributed by atoms with E-state index in [1.165, 1.54) is 12.1 Å². The first-order valence-corrected chi connectivity index (χ1v) is 8.53. The van der Waals surface area contributed by atoms with Gasteiger partial charge in [-0.15, -0.1) is 0 Å². The summed E-state index contributed by atoms with van der Waals surface area (Å²) in [5.74, 6) is 3.99. The van der Waals surface area contributed by atoms with Crippen LogP contribution >= 0.6 is 0 Å². The largest absolute Gasteiger partial charge is 0.478 e. The Labute approximate surface area is 161 Å². The number of pyridine rings is 1. The molecule has 0 aliphatic heterocycles. The highest BCUT2D eigenvalue weighted by molar-refractivity contribution is 5.88. The van der Waals surface area contributed by atoms with Crippen molar-refractivity contribution in [3.63, 3.8) is 0 Å². The topological polar surface area (TPSA) is 102 Å². The summed E-state index contributed by atoms with van der Waals surface area (Å²) >= 11 is 0. The molecule has 3 rings (SSSR count). The Morgan fingerprint density at radius 3 is 2.61 bits per heavy atom. The highest BCUT2D eigenvalue weighted by atomic mass is 19.1. The molecule has 28 heavy (non-hydrogen) atoms. The predicted molar refractivity (Wildman–Crippen MR) is 103 cm³/mol. The Kier molecular flexibility index (Phi) is 5.32. The third-order valence-corrected chi connectivity index (χ3v) is 4.10. The average molecular weight is 376 g/mol. The van der Waals surface area contributed by atoms with Crippen molar-refractivity contribution in [1.82, 2.24) is 15.0 Å². The molecular weight excluding hydrogens is 359 g/mol. The first-order valence-electron chi connectivity index (χ1n) is 8.53. The third kappa shape index (κ3) is 3.96. The number of aromatic nitrogens is 3. The molecule has 0 saturated carbocycles. The second kappa shape index (κ2) is 7.84. The molecule has 3 aromatic rings. The molecule has 0 atom stereocenters. The monoisotopic (exact) mass is 376 g/mol. The van der Waals surface area contributed by atoms with Crippen LogP contribution in [0, 0.1) is 24.6 Å². The number of aryl methyl sites for hydroxylation is 2. The smallest absolute Gasteiger partial charge is 0.335 e. The van der Waals surface area contributed by atoms with Crippen molar-refractivity contribution >= 4 is 11.9 Å². The van der Waals surface area contributed by atoms with Crippen molar-refractivity contribution in [2.45, 2.75) is 20.3 Å². The first kappa shape index (κ1) is 19.0. The van der Waals surface area contributed by atoms with Crippen molar-refractivity contribution in [3.05, 3.63) is 70.4 Å². The Morgan fingerprint density at radius 2 is 2.00 bits per heavy atom. The second-order valence-corrected chi connectivity index (χ2v) is 6.03. The van der Waals surface area contributed by atoms with Crippen LogP contribution in [0.25, 0.3) is 11.3 Å². The van der Waals surface area contributed by atoms with E-state index in [2.05, 4.69) is 26.8 Å². The molecule has 6 nitrogen and oxygen atoms in total. The van der Waals surface area contributed by atoms with Gasteiger partial charge >= 0.3 is 5.97 Å². The van der Waals surface area contributed by atoms with E-state index in [0.29, 0.717) is 16.8 Å². The molecule has 1 aromatic carbocycles. The molecule has 140 valence electrons. The van der Waals surface area contributed by atoms with Crippen LogP contribution in [-0.4, -0.2) is 26.0 Å². The van der Waals surface area contributed by atoms with E-state index in [9.17, 15) is 9.18 Å². The maximum Gasteiger partial charge on any atom is 0.335 e. The molecule has 0 aliphatic rings. The number of aromatic carboxylic acids is 1. The van der Waals surface area contributed by atoms with E-state index < -0.39 is 11.8 Å². The molecule has 0 unspecified atom stereocenters. The lowest BCUT2D eigenvalue weighted by Crippen LogP contribution is -2.05. The first-order chi connectivity index (χ1) is 13.4. The molecule has 2 heterocycles. The summed E-state index contributed by atoms with van der Waals surface area (Å²) in [6.07, 6.45) is 2.50. The molecule has 0 bridgehead atoms. The summed E-state index contributed by atoms with van der Waals surface area (Å²) in [6.45, 7) is 3.71. The fraction of sp³-hybridized carbons (Fsp3) is 0.143. The van der Waals surface area contributed by atoms with Crippen LogP contribution in [0.2, 0.25) is 0 Å². The van der Waals surface area contributed by atoms with Gasteiger partial charge in [0.2, 0.25) is 5.95 Å². The summed E-state index contributed by atoms with van der Waals surface area (Å²) < 4.78 is 14.6. The highest BCUT2D eigenvalue weighted by Gasteiger charge is 2.16. The van der Waals surface area contributed by atoms with Gasteiger partial charge in [0, 0.05) is 23.0 Å². The molecule has 0 radical (unpaired) electrons. The van der Waals surface area contributed by atoms with Gasteiger partial charge < -0.3 is 10.8 Å². The number of hydrogen-bond donors (Lipinski definition) is 2. The van der Waals surface area contributed by atoms with Crippen LogP contribution in [0.15, 0.2) is 36.5 Å². The fourth-order valence-corrected chi connectivity index (χ4v) is 2.62. The second-order valence-electron chi connectivity index (χ2n) is 6.03. The van der Waals surface area contributed by atoms with Gasteiger partial charge in [-0.3, -0.25) is 4.98 Å². The maximum atomic E-state index is 14.6. The fourth-order valence-electron chi connectivity index (χ4n) is 2.62. The number of nitrogen functional groups attached to an aromatic ring is 1. The Balaban J connectivity index is 2.11. The summed E-state index contributed by atoms with van der Waals surface area (Å²) in [6, 6.07) is 7.34. The van der Waals surface area contributed by atoms with Crippen molar-refractivity contribution in [3.8, 4) is 23.1 Å². The molecule has 0 aliphatic carbocycles. The van der Waals surface area contributed by atoms with Crippen molar-refractivity contribution in [2.75, 3.05) is 5.73 Å². The van der Waals surface area contributed by atoms with Gasteiger partial charge in [-0.05, 0) is 43.7 Å². The lowest BCUT2D eigenvalue weighted by atomic mass is 10.0. The molecule has 0 saturated heterocycles. The van der Waals surface area contributed by atoms with E-state index in [0.717, 1.165) is 18.2 Å². The summed E-state index contributed by atoms with van der Waals surface area (Å²) in [5.41, 5.74) is 8.45. The number of rotatable bonds is 3. The van der Waals surface area contributed by atoms with Gasteiger partial charge in [0.15, 0.2) is 0 Å². The molecule has 0 spiro atoms. The molecule has 2 aromatic heterocycles. The lowest BCUT2D eigenvalue weighted by Gasteiger charge is -2.09. The maximum absolute atomic E-state index is 14.6. The van der Waals surface area contributed by atoms with Crippen LogP contribution in [0.1, 0.15) is 39.8 Å². The van der Waals surface area contributed by atoms with Crippen molar-refractivity contribution < 1.29 is 14.3 Å². The minimum absolute atomic E-state index is 0.0197. The van der Waals surface area contributed by atoms with Gasteiger partial charge in [-0.2, -0.15) is 0 Å². The zero-order valence-electron chi connectivity index (χ0n) is 15.3. The number of benzene rings is 1. The quantitative estimate of drug-likeness (QED) is 0.681. The van der Waals surface area contributed by atoms with Crippen LogP contribution in [-0.2, 0) is 6.42 Å². The van der Waals surface area contributed by atoms with Crippen LogP contribution in [0.5, 0.6) is 0 Å². The van der Waals surface area contributed by atoms with E-state index >= 15 is 0 Å². The number of carbonyl (C=O) groups is 1. The number of halogens is 1. The third-order valence-electron chi connectivity index (χ3n) is 4.10. The minimum atomic E-state index is -1.22. The number of carboxylic acids is 1. The van der Waals surface area contributed by atoms with E-state index in [-0.39, 0.29) is 22.8 Å². The van der Waals surface area contributed by atoms with E-state index in [1.807, 2.05) is 19.1 Å². The highest BCUT2D eigenvalue weighted by Crippen LogP contribution is 2.27. The van der Waals surface area contributed by atoms with Crippen molar-refractivity contribution in [2.24, 2.45) is 0 Å². The molecule has 7 heteroatoms. The van der Waals surface area contributed by atoms with Crippen molar-refractivity contribution in [1.29, 1.82) is 0 Å². The predicted octanol–water partition coefficient (Wildman–Crippen LogP) is 3.23. The number of anilines is 1. The normalized spacial score (nSPS) is 10.2. The Bertz CT molecular complexity index is 1120. The van der Waals surface area contributed by atoms with E-state index in [1.54, 1.807) is 13.1 Å². The molecule has 0 amide bonds. The van der Waals surface area contributed by atoms with Gasteiger partial charge in [-0.1, -0.05) is 18.8 Å². The lowest BCUT2D eigenvalue weighted by molar-refractivity contribution is 0.0696. The number of hydrogen-bond acceptors (Lipinski definition) is 5. The Morgan fingerprint density at radius 1 is 1.21 bits per heavy atom. The number of carboxylic acid groups (broad SMARTS) is 1. The standard InChI is InChI=1S/C21H17FN4O2/c1-3-15-7-4-13(11-24-15)5-8-16-12(2)25-21(23)26-19(16)17-9-6-14(20(27)28)10-18(17)22/h4,6-7,9-11H,3H2,1-2H3,(H,27,28)(H2,23,25,26). The van der Waals surface area contributed by atoms with Gasteiger partial charge in [0.25, 0.3) is 0 Å². The summed E-state index contributed by atoms with van der Waals surface area (Å²) in [4.78, 5) is 23.6. The average Bonchev–Trinajstić information content (AvgIpc) is 2.67. The molecule has 0 fully saturated rings. The van der Waals surface area contributed by atoms with Gasteiger partial charge in [0.1, 0.15) is 5.82 Å². The van der Waals surface area contributed by atoms with Crippen LogP contribution in [0.3, 0.4) is 0 Å². The number of nitrogens with zero attached hydrogens (tertiary/aromatic N) is 3. The SMILES string of the molecule is CCc1ccc(C#Cc2c(C)nc(N)nc2-c2ccc(C(=O)O)cc2F)cn1. The van der Waals surface area contributed by atoms with Crippen LogP contribution < -0.4 is 5.73 Å². The molecule has 3 N–H and O–H groups in total. The Hall–Kier alpha value is -3.79. The van der Waals surface area contributed by atoms with E-state index in [4.69, 9.17) is 10.8 Å². The zero-order chi connectivity index (χ0) is 20.3.